The van der Waals surface area contributed by atoms with Gasteiger partial charge in [0, 0.05) is 25.7 Å². The molecule has 5 atom stereocenters. The van der Waals surface area contributed by atoms with Crippen molar-refractivity contribution in [1.29, 1.82) is 0 Å². The van der Waals surface area contributed by atoms with Crippen LogP contribution >= 0.6 is 15.6 Å². The molecule has 0 aromatic heterocycles. The van der Waals surface area contributed by atoms with Gasteiger partial charge in [-0.05, 0) is 57.3 Å². The average Bonchev–Trinajstić information content (AvgIpc) is 3.54. The topological polar surface area (TPSA) is 237 Å². The van der Waals surface area contributed by atoms with Gasteiger partial charge < -0.3 is 33.8 Å². The third-order valence-corrected chi connectivity index (χ3v) is 17.6. The normalized spacial score (nSPS) is 14.3. The van der Waals surface area contributed by atoms with Crippen molar-refractivity contribution in [1.82, 2.24) is 0 Å². The van der Waals surface area contributed by atoms with Crippen molar-refractivity contribution in [3.05, 3.63) is 24.3 Å². The number of phosphoric ester groups is 2. The van der Waals surface area contributed by atoms with Crippen LogP contribution in [0.3, 0.4) is 0 Å². The standard InChI is InChI=1S/C70H132O17P2/c1-6-9-12-15-18-20-22-24-25-26-32-36-41-46-51-56-70(75)87-66(60-81-68(73)54-49-44-39-34-31-28-27-29-33-38-42-47-52-63(4)5)62-85-89(78,79)83-58-64(71)57-82-88(76,77)84-61-65(59-80-67(72)53-48-43-37-17-14-11-8-3)86-69(74)55-50-45-40-35-30-23-21-19-16-13-10-7-2/h20,22,24-25,63-66,71H,6-19,21,23,26-62H2,1-5H3,(H,76,77)(H,78,79)/b22-20-,25-24-/t64-,65+,66+/m0/s1. The summed E-state index contributed by atoms with van der Waals surface area (Å²) in [4.78, 5) is 72.4. The Balaban J connectivity index is 5.25. The number of carbonyl (C=O) groups excluding carboxylic acids is 4. The van der Waals surface area contributed by atoms with Crippen LogP contribution in [0.1, 0.15) is 336 Å². The maximum Gasteiger partial charge on any atom is 0.472 e. The first kappa shape index (κ1) is 86.5. The maximum atomic E-state index is 13.0. The van der Waals surface area contributed by atoms with Crippen LogP contribution in [0.2, 0.25) is 0 Å². The van der Waals surface area contributed by atoms with Crippen molar-refractivity contribution in [3.63, 3.8) is 0 Å². The van der Waals surface area contributed by atoms with E-state index < -0.39 is 97.5 Å². The Labute approximate surface area is 542 Å². The fraction of sp³-hybridized carbons (Fsp3) is 0.886. The van der Waals surface area contributed by atoms with Gasteiger partial charge in [0.1, 0.15) is 19.3 Å². The molecule has 17 nitrogen and oxygen atoms in total. The minimum Gasteiger partial charge on any atom is -0.462 e. The fourth-order valence-corrected chi connectivity index (χ4v) is 11.7. The van der Waals surface area contributed by atoms with E-state index in [0.717, 1.165) is 121 Å². The molecule has 3 N–H and O–H groups in total. The van der Waals surface area contributed by atoms with E-state index in [-0.39, 0.29) is 25.7 Å². The van der Waals surface area contributed by atoms with Gasteiger partial charge in [0.25, 0.3) is 0 Å². The quantitative estimate of drug-likeness (QED) is 0.0169. The average molecular weight is 1310 g/mol. The van der Waals surface area contributed by atoms with E-state index in [9.17, 15) is 43.2 Å². The Kier molecular flexibility index (Phi) is 61.2. The largest absolute Gasteiger partial charge is 0.472 e. The van der Waals surface area contributed by atoms with Crippen LogP contribution < -0.4 is 0 Å². The Hall–Kier alpha value is -2.46. The lowest BCUT2D eigenvalue weighted by molar-refractivity contribution is -0.161. The van der Waals surface area contributed by atoms with Gasteiger partial charge >= 0.3 is 39.5 Å². The van der Waals surface area contributed by atoms with Crippen molar-refractivity contribution < 1.29 is 80.2 Å². The smallest absolute Gasteiger partial charge is 0.462 e. The summed E-state index contributed by atoms with van der Waals surface area (Å²) in [6.45, 7) is 7.15. The number of hydrogen-bond acceptors (Lipinski definition) is 15. The van der Waals surface area contributed by atoms with Gasteiger partial charge in [-0.3, -0.25) is 37.3 Å². The highest BCUT2D eigenvalue weighted by Crippen LogP contribution is 2.45. The number of ether oxygens (including phenoxy) is 4. The predicted octanol–water partition coefficient (Wildman–Crippen LogP) is 19.7. The summed E-state index contributed by atoms with van der Waals surface area (Å²) in [5.74, 6) is -1.38. The van der Waals surface area contributed by atoms with E-state index >= 15 is 0 Å². The molecule has 0 rings (SSSR count). The zero-order valence-corrected chi connectivity index (χ0v) is 58.8. The van der Waals surface area contributed by atoms with E-state index in [1.165, 1.54) is 135 Å². The molecule has 0 spiro atoms. The van der Waals surface area contributed by atoms with Gasteiger partial charge in [-0.25, -0.2) is 9.13 Å². The molecule has 0 bridgehead atoms. The lowest BCUT2D eigenvalue weighted by Crippen LogP contribution is -2.30. The molecule has 0 amide bonds. The molecule has 0 aromatic carbocycles. The highest BCUT2D eigenvalue weighted by atomic mass is 31.2. The summed E-state index contributed by atoms with van der Waals surface area (Å²) in [5.41, 5.74) is 0. The van der Waals surface area contributed by atoms with Crippen molar-refractivity contribution in [3.8, 4) is 0 Å². The molecule has 19 heteroatoms. The van der Waals surface area contributed by atoms with Gasteiger partial charge in [0.2, 0.25) is 0 Å². The SMILES string of the molecule is CCCCCC/C=C\C=C/CCCCCCCC(=O)O[C@H](COC(=O)CCCCCCCCCCCCCCC(C)C)COP(=O)(O)OC[C@@H](O)COP(=O)(O)OC[C@@H](COC(=O)CCCCCCCCC)OC(=O)CCCCCCCCCCCCCC. The molecule has 0 saturated heterocycles. The summed E-state index contributed by atoms with van der Waals surface area (Å²) in [6, 6.07) is 0. The van der Waals surface area contributed by atoms with Crippen LogP contribution in [-0.2, 0) is 65.4 Å². The molecule has 0 aliphatic rings. The van der Waals surface area contributed by atoms with Crippen LogP contribution in [-0.4, -0.2) is 96.7 Å². The van der Waals surface area contributed by atoms with Crippen LogP contribution in [0.25, 0.3) is 0 Å². The number of aliphatic hydroxyl groups excluding tert-OH is 1. The molecule has 0 fully saturated rings. The first-order chi connectivity index (χ1) is 43.0. The molecular weight excluding hydrogens is 1170 g/mol. The first-order valence-corrected chi connectivity index (χ1v) is 38.9. The highest BCUT2D eigenvalue weighted by molar-refractivity contribution is 7.47. The number of carbonyl (C=O) groups is 4. The van der Waals surface area contributed by atoms with Gasteiger partial charge in [-0.15, -0.1) is 0 Å². The Morgan fingerprint density at radius 2 is 0.607 bits per heavy atom. The van der Waals surface area contributed by atoms with Crippen molar-refractivity contribution in [2.24, 2.45) is 5.92 Å². The summed E-state index contributed by atoms with van der Waals surface area (Å²) in [5, 5.41) is 10.6. The molecule has 0 aliphatic carbocycles. The van der Waals surface area contributed by atoms with E-state index in [1.807, 2.05) is 0 Å². The zero-order chi connectivity index (χ0) is 65.6. The van der Waals surface area contributed by atoms with Crippen molar-refractivity contribution >= 4 is 39.5 Å². The molecule has 0 radical (unpaired) electrons. The lowest BCUT2D eigenvalue weighted by atomic mass is 10.0. The molecule has 524 valence electrons. The number of hydrogen-bond donors (Lipinski definition) is 3. The number of aliphatic hydroxyl groups is 1. The molecule has 89 heavy (non-hydrogen) atoms. The van der Waals surface area contributed by atoms with E-state index in [4.69, 9.17) is 37.0 Å². The second kappa shape index (κ2) is 63.0. The Morgan fingerprint density at radius 1 is 0.348 bits per heavy atom. The van der Waals surface area contributed by atoms with Crippen LogP contribution in [0.15, 0.2) is 24.3 Å². The monoisotopic (exact) mass is 1310 g/mol. The van der Waals surface area contributed by atoms with Gasteiger partial charge in [-0.2, -0.15) is 0 Å². The molecular formula is C70H132O17P2. The van der Waals surface area contributed by atoms with E-state index in [1.54, 1.807) is 0 Å². The number of phosphoric acid groups is 2. The third-order valence-electron chi connectivity index (χ3n) is 15.7. The van der Waals surface area contributed by atoms with Gasteiger partial charge in [0.05, 0.1) is 26.4 Å². The maximum absolute atomic E-state index is 13.0. The second-order valence-electron chi connectivity index (χ2n) is 25.1. The van der Waals surface area contributed by atoms with E-state index in [2.05, 4.69) is 58.9 Å². The van der Waals surface area contributed by atoms with Crippen molar-refractivity contribution in [2.75, 3.05) is 39.6 Å². The Morgan fingerprint density at radius 3 is 0.921 bits per heavy atom. The molecule has 0 heterocycles. The van der Waals surface area contributed by atoms with Gasteiger partial charge in [-0.1, -0.05) is 284 Å². The minimum absolute atomic E-state index is 0.0852. The van der Waals surface area contributed by atoms with Crippen LogP contribution in [0.4, 0.5) is 0 Å². The number of esters is 4. The van der Waals surface area contributed by atoms with Crippen LogP contribution in [0.5, 0.6) is 0 Å². The zero-order valence-electron chi connectivity index (χ0n) is 57.0. The number of rotatable bonds is 68. The summed E-state index contributed by atoms with van der Waals surface area (Å²) in [7, 11) is -9.91. The summed E-state index contributed by atoms with van der Waals surface area (Å²) < 4.78 is 68.1. The van der Waals surface area contributed by atoms with E-state index in [0.29, 0.717) is 25.7 Å². The highest BCUT2D eigenvalue weighted by Gasteiger charge is 2.30. The third kappa shape index (κ3) is 64.1. The number of allylic oxidation sites excluding steroid dienone is 4. The molecule has 0 aromatic rings. The van der Waals surface area contributed by atoms with Crippen molar-refractivity contribution in [2.45, 2.75) is 355 Å². The summed E-state index contributed by atoms with van der Waals surface area (Å²) >= 11 is 0. The minimum atomic E-state index is -4.96. The number of unbranched alkanes of at least 4 members (excludes halogenated alkanes) is 37. The Bertz CT molecular complexity index is 1810. The van der Waals surface area contributed by atoms with Gasteiger partial charge in [0.15, 0.2) is 12.2 Å². The summed E-state index contributed by atoms with van der Waals surface area (Å²) in [6.07, 6.45) is 52.2. The van der Waals surface area contributed by atoms with Crippen LogP contribution in [0, 0.1) is 5.92 Å². The molecule has 0 aliphatic heterocycles. The molecule has 2 unspecified atom stereocenters. The first-order valence-electron chi connectivity index (χ1n) is 36.0. The molecule has 0 saturated carbocycles. The fourth-order valence-electron chi connectivity index (χ4n) is 10.1. The predicted molar refractivity (Wildman–Crippen MR) is 358 cm³/mol. The second-order valence-corrected chi connectivity index (χ2v) is 28.0. The lowest BCUT2D eigenvalue weighted by Gasteiger charge is -2.21.